The molecule has 1 aromatic heterocycles. The number of benzene rings is 1. The van der Waals surface area contributed by atoms with Crippen LogP contribution in [0.1, 0.15) is 12.0 Å². The average molecular weight is 285 g/mol. The van der Waals surface area contributed by atoms with E-state index in [1.807, 2.05) is 24.3 Å². The van der Waals surface area contributed by atoms with Crippen LogP contribution < -0.4 is 10.6 Å². The molecule has 0 aliphatic carbocycles. The molecule has 0 radical (unpaired) electrons. The molecule has 5 nitrogen and oxygen atoms in total. The first kappa shape index (κ1) is 15.3. The maximum atomic E-state index is 4.24. The Labute approximate surface area is 126 Å². The number of hydrogen-bond donors (Lipinski definition) is 2. The fourth-order valence-electron chi connectivity index (χ4n) is 1.95. The highest BCUT2D eigenvalue weighted by Crippen LogP contribution is 2.10. The minimum atomic E-state index is 0.762. The van der Waals surface area contributed by atoms with E-state index in [9.17, 15) is 0 Å². The summed E-state index contributed by atoms with van der Waals surface area (Å²) in [5.41, 5.74) is 1.23. The summed E-state index contributed by atoms with van der Waals surface area (Å²) in [6, 6.07) is 12.2. The Morgan fingerprint density at radius 3 is 2.43 bits per heavy atom. The highest BCUT2D eigenvalue weighted by Gasteiger charge is 1.99. The zero-order valence-electron chi connectivity index (χ0n) is 12.7. The molecule has 0 bridgehead atoms. The third-order valence-electron chi connectivity index (χ3n) is 3.07. The highest BCUT2D eigenvalue weighted by molar-refractivity contribution is 5.46. The van der Waals surface area contributed by atoms with E-state index in [1.54, 1.807) is 6.33 Å². The van der Waals surface area contributed by atoms with Crippen molar-refractivity contribution in [3.8, 4) is 0 Å². The molecule has 1 heterocycles. The lowest BCUT2D eigenvalue weighted by Crippen LogP contribution is -2.16. The van der Waals surface area contributed by atoms with Gasteiger partial charge in [0.1, 0.15) is 18.0 Å². The summed E-state index contributed by atoms with van der Waals surface area (Å²) >= 11 is 0. The molecule has 5 heteroatoms. The summed E-state index contributed by atoms with van der Waals surface area (Å²) < 4.78 is 0. The first-order chi connectivity index (χ1) is 10.2. The largest absolute Gasteiger partial charge is 0.370 e. The van der Waals surface area contributed by atoms with E-state index >= 15 is 0 Å². The van der Waals surface area contributed by atoms with Gasteiger partial charge in [0.25, 0.3) is 0 Å². The molecule has 0 saturated heterocycles. The number of aromatic nitrogens is 2. The lowest BCUT2D eigenvalue weighted by Gasteiger charge is -2.11. The smallest absolute Gasteiger partial charge is 0.131 e. The first-order valence-corrected chi connectivity index (χ1v) is 7.22. The Bertz CT molecular complexity index is 527. The van der Waals surface area contributed by atoms with Gasteiger partial charge in [0.2, 0.25) is 0 Å². The van der Waals surface area contributed by atoms with Gasteiger partial charge in [-0.1, -0.05) is 30.3 Å². The van der Waals surface area contributed by atoms with Crippen LogP contribution in [0.5, 0.6) is 0 Å². The third kappa shape index (κ3) is 5.79. The summed E-state index contributed by atoms with van der Waals surface area (Å²) in [5, 5.41) is 6.63. The van der Waals surface area contributed by atoms with E-state index in [2.05, 4.69) is 51.7 Å². The van der Waals surface area contributed by atoms with E-state index < -0.39 is 0 Å². The second-order valence-electron chi connectivity index (χ2n) is 5.21. The molecule has 0 aliphatic rings. The van der Waals surface area contributed by atoms with Crippen molar-refractivity contribution in [2.45, 2.75) is 13.0 Å². The second-order valence-corrected chi connectivity index (χ2v) is 5.21. The van der Waals surface area contributed by atoms with Gasteiger partial charge in [-0.2, -0.15) is 0 Å². The molecule has 21 heavy (non-hydrogen) atoms. The lowest BCUT2D eigenvalue weighted by atomic mass is 10.2. The zero-order valence-corrected chi connectivity index (χ0v) is 12.7. The van der Waals surface area contributed by atoms with Crippen molar-refractivity contribution >= 4 is 11.6 Å². The predicted octanol–water partition coefficient (Wildman–Crippen LogP) is 2.45. The highest BCUT2D eigenvalue weighted by atomic mass is 15.1. The van der Waals surface area contributed by atoms with E-state index in [0.717, 1.165) is 37.7 Å². The summed E-state index contributed by atoms with van der Waals surface area (Å²) in [7, 11) is 4.16. The van der Waals surface area contributed by atoms with Crippen molar-refractivity contribution in [1.29, 1.82) is 0 Å². The van der Waals surface area contributed by atoms with Gasteiger partial charge in [-0.05, 0) is 32.6 Å². The van der Waals surface area contributed by atoms with E-state index in [4.69, 9.17) is 0 Å². The van der Waals surface area contributed by atoms with Gasteiger partial charge < -0.3 is 15.5 Å². The Hall–Kier alpha value is -2.14. The average Bonchev–Trinajstić information content (AvgIpc) is 2.51. The number of anilines is 2. The number of hydrogen-bond acceptors (Lipinski definition) is 5. The molecular weight excluding hydrogens is 262 g/mol. The van der Waals surface area contributed by atoms with Crippen molar-refractivity contribution in [1.82, 2.24) is 14.9 Å². The molecular formula is C16H23N5. The van der Waals surface area contributed by atoms with Crippen LogP contribution in [0.25, 0.3) is 0 Å². The van der Waals surface area contributed by atoms with E-state index in [-0.39, 0.29) is 0 Å². The Balaban J connectivity index is 1.80. The summed E-state index contributed by atoms with van der Waals surface area (Å²) in [6.45, 7) is 2.74. The van der Waals surface area contributed by atoms with Gasteiger partial charge in [-0.25, -0.2) is 9.97 Å². The van der Waals surface area contributed by atoms with Crippen molar-refractivity contribution in [2.75, 3.05) is 37.8 Å². The van der Waals surface area contributed by atoms with Crippen LogP contribution in [-0.2, 0) is 6.54 Å². The Morgan fingerprint density at radius 1 is 1.00 bits per heavy atom. The van der Waals surface area contributed by atoms with Crippen LogP contribution in [0.3, 0.4) is 0 Å². The van der Waals surface area contributed by atoms with Gasteiger partial charge >= 0.3 is 0 Å². The number of rotatable bonds is 8. The van der Waals surface area contributed by atoms with Gasteiger partial charge in [-0.3, -0.25) is 0 Å². The predicted molar refractivity (Wildman–Crippen MR) is 87.5 cm³/mol. The summed E-state index contributed by atoms with van der Waals surface area (Å²) in [4.78, 5) is 10.7. The normalized spacial score (nSPS) is 10.6. The Kier molecular flexibility index (Phi) is 5.97. The maximum absolute atomic E-state index is 4.24. The molecule has 0 atom stereocenters. The van der Waals surface area contributed by atoms with Crippen LogP contribution in [0.15, 0.2) is 42.7 Å². The third-order valence-corrected chi connectivity index (χ3v) is 3.07. The minimum Gasteiger partial charge on any atom is -0.370 e. The molecule has 2 N–H and O–H groups in total. The van der Waals surface area contributed by atoms with Gasteiger partial charge in [-0.15, -0.1) is 0 Å². The van der Waals surface area contributed by atoms with E-state index in [0.29, 0.717) is 0 Å². The standard InChI is InChI=1S/C16H23N5/c1-21(2)10-6-9-17-15-11-16(20-13-19-15)18-12-14-7-4-3-5-8-14/h3-5,7-8,11,13H,6,9-10,12H2,1-2H3,(H2,17,18,19,20). The molecule has 0 spiro atoms. The Morgan fingerprint density at radius 2 is 1.71 bits per heavy atom. The topological polar surface area (TPSA) is 53.1 Å². The molecule has 0 saturated carbocycles. The van der Waals surface area contributed by atoms with Crippen molar-refractivity contribution in [2.24, 2.45) is 0 Å². The van der Waals surface area contributed by atoms with Crippen molar-refractivity contribution in [3.05, 3.63) is 48.3 Å². The molecule has 112 valence electrons. The first-order valence-electron chi connectivity index (χ1n) is 7.22. The summed E-state index contributed by atoms with van der Waals surface area (Å²) in [6.07, 6.45) is 2.67. The van der Waals surface area contributed by atoms with Crippen LogP contribution in [0, 0.1) is 0 Å². The van der Waals surface area contributed by atoms with Gasteiger partial charge in [0.05, 0.1) is 0 Å². The zero-order chi connectivity index (χ0) is 14.9. The molecule has 2 rings (SSSR count). The molecule has 0 unspecified atom stereocenters. The van der Waals surface area contributed by atoms with Crippen LogP contribution >= 0.6 is 0 Å². The summed E-state index contributed by atoms with van der Waals surface area (Å²) in [5.74, 6) is 1.70. The van der Waals surface area contributed by atoms with Crippen LogP contribution in [0.4, 0.5) is 11.6 Å². The number of nitrogens with one attached hydrogen (secondary N) is 2. The van der Waals surface area contributed by atoms with Gasteiger partial charge in [0, 0.05) is 19.2 Å². The van der Waals surface area contributed by atoms with Crippen molar-refractivity contribution < 1.29 is 0 Å². The molecule has 0 aliphatic heterocycles. The quantitative estimate of drug-likeness (QED) is 0.730. The van der Waals surface area contributed by atoms with E-state index in [1.165, 1.54) is 5.56 Å². The molecule has 0 fully saturated rings. The van der Waals surface area contributed by atoms with Gasteiger partial charge in [0.15, 0.2) is 0 Å². The maximum Gasteiger partial charge on any atom is 0.131 e. The minimum absolute atomic E-state index is 0.762. The van der Waals surface area contributed by atoms with Crippen molar-refractivity contribution in [3.63, 3.8) is 0 Å². The SMILES string of the molecule is CN(C)CCCNc1cc(NCc2ccccc2)ncn1. The van der Waals surface area contributed by atoms with Crippen LogP contribution in [-0.4, -0.2) is 42.1 Å². The number of nitrogens with zero attached hydrogens (tertiary/aromatic N) is 3. The fraction of sp³-hybridized carbons (Fsp3) is 0.375. The fourth-order valence-corrected chi connectivity index (χ4v) is 1.95. The van der Waals surface area contributed by atoms with Crippen LogP contribution in [0.2, 0.25) is 0 Å². The monoisotopic (exact) mass is 285 g/mol. The molecule has 1 aromatic carbocycles. The molecule has 0 amide bonds. The molecule has 2 aromatic rings. The lowest BCUT2D eigenvalue weighted by molar-refractivity contribution is 0.405. The second kappa shape index (κ2) is 8.21.